The molecule has 2 saturated carbocycles. The summed E-state index contributed by atoms with van der Waals surface area (Å²) in [6.07, 6.45) is 13.9. The lowest BCUT2D eigenvalue weighted by molar-refractivity contribution is 0.0304. The number of ether oxygens (including phenoxy) is 2. The van der Waals surface area contributed by atoms with Gasteiger partial charge in [-0.1, -0.05) is 19.3 Å². The van der Waals surface area contributed by atoms with Crippen LogP contribution in [0.4, 0.5) is 0 Å². The Balaban J connectivity index is 1.02. The molecule has 2 aromatic heterocycles. The van der Waals surface area contributed by atoms with Crippen molar-refractivity contribution in [3.05, 3.63) is 59.9 Å². The van der Waals surface area contributed by atoms with Gasteiger partial charge in [-0.15, -0.1) is 0 Å². The van der Waals surface area contributed by atoms with Crippen LogP contribution >= 0.6 is 0 Å². The van der Waals surface area contributed by atoms with E-state index in [0.29, 0.717) is 49.4 Å². The van der Waals surface area contributed by atoms with Gasteiger partial charge in [0.2, 0.25) is 0 Å². The van der Waals surface area contributed by atoms with E-state index in [1.807, 2.05) is 41.4 Å². The number of hydrogen-bond acceptors (Lipinski definition) is 5. The molecule has 0 bridgehead atoms. The van der Waals surface area contributed by atoms with Crippen LogP contribution in [0.25, 0.3) is 11.0 Å². The molecule has 40 heavy (non-hydrogen) atoms. The summed E-state index contributed by atoms with van der Waals surface area (Å²) in [4.78, 5) is 32.3. The van der Waals surface area contributed by atoms with Gasteiger partial charge in [0.25, 0.3) is 11.8 Å². The molecular formula is C32H40N4O4. The molecule has 3 aliphatic rings. The van der Waals surface area contributed by atoms with E-state index in [-0.39, 0.29) is 17.9 Å². The highest BCUT2D eigenvalue weighted by molar-refractivity contribution is 6.05. The number of carbonyl (C=O) groups is 2. The van der Waals surface area contributed by atoms with Gasteiger partial charge in [0.05, 0.1) is 30.4 Å². The van der Waals surface area contributed by atoms with Crippen LogP contribution in [0.1, 0.15) is 78.5 Å². The molecule has 8 nitrogen and oxygen atoms in total. The summed E-state index contributed by atoms with van der Waals surface area (Å²) in [5.74, 6) is 1.40. The molecule has 6 rings (SSSR count). The number of nitrogens with zero attached hydrogens (tertiary/aromatic N) is 3. The first-order valence-corrected chi connectivity index (χ1v) is 15.0. The predicted molar refractivity (Wildman–Crippen MR) is 154 cm³/mol. The average Bonchev–Trinajstić information content (AvgIpc) is 3.37. The van der Waals surface area contributed by atoms with Gasteiger partial charge in [-0.2, -0.15) is 0 Å². The Morgan fingerprint density at radius 1 is 0.950 bits per heavy atom. The molecule has 0 atom stereocenters. The van der Waals surface area contributed by atoms with Crippen molar-refractivity contribution in [3.8, 4) is 5.75 Å². The zero-order valence-electron chi connectivity index (χ0n) is 23.2. The third-order valence-electron chi connectivity index (χ3n) is 8.77. The van der Waals surface area contributed by atoms with E-state index >= 15 is 0 Å². The van der Waals surface area contributed by atoms with E-state index in [2.05, 4.69) is 20.9 Å². The van der Waals surface area contributed by atoms with Crippen molar-refractivity contribution in [2.45, 2.75) is 76.5 Å². The molecule has 3 aromatic rings. The van der Waals surface area contributed by atoms with Crippen molar-refractivity contribution >= 4 is 22.8 Å². The Labute approximate surface area is 236 Å². The number of aromatic nitrogens is 2. The van der Waals surface area contributed by atoms with Crippen LogP contribution in [0.3, 0.4) is 0 Å². The summed E-state index contributed by atoms with van der Waals surface area (Å²) in [7, 11) is 0. The first-order chi connectivity index (χ1) is 19.6. The fourth-order valence-corrected chi connectivity index (χ4v) is 6.47. The number of hydrogen-bond donors (Lipinski definition) is 1. The zero-order valence-corrected chi connectivity index (χ0v) is 23.2. The summed E-state index contributed by atoms with van der Waals surface area (Å²) in [6.45, 7) is 3.29. The van der Waals surface area contributed by atoms with E-state index in [1.165, 1.54) is 19.3 Å². The number of morpholine rings is 1. The average molecular weight is 545 g/mol. The number of rotatable bonds is 7. The highest BCUT2D eigenvalue weighted by atomic mass is 16.5. The molecule has 0 unspecified atom stereocenters. The maximum atomic E-state index is 13.3. The minimum Gasteiger partial charge on any atom is -0.490 e. The first kappa shape index (κ1) is 26.8. The van der Waals surface area contributed by atoms with Crippen LogP contribution in [-0.2, 0) is 11.3 Å². The topological polar surface area (TPSA) is 85.7 Å². The second-order valence-corrected chi connectivity index (χ2v) is 11.6. The molecule has 8 heteroatoms. The Morgan fingerprint density at radius 3 is 2.45 bits per heavy atom. The van der Waals surface area contributed by atoms with Crippen LogP contribution in [0.2, 0.25) is 0 Å². The van der Waals surface area contributed by atoms with Crippen molar-refractivity contribution in [2.24, 2.45) is 5.92 Å². The summed E-state index contributed by atoms with van der Waals surface area (Å²) in [5, 5.41) is 3.18. The number of amides is 2. The van der Waals surface area contributed by atoms with Crippen molar-refractivity contribution < 1.29 is 19.1 Å². The normalized spacial score (nSPS) is 22.2. The largest absolute Gasteiger partial charge is 0.490 e. The molecule has 1 aliphatic heterocycles. The van der Waals surface area contributed by atoms with Gasteiger partial charge in [-0.25, -0.2) is 0 Å². The number of nitrogens with one attached hydrogen (secondary N) is 1. The van der Waals surface area contributed by atoms with E-state index in [9.17, 15) is 9.59 Å². The molecule has 3 fully saturated rings. The van der Waals surface area contributed by atoms with Crippen LogP contribution in [0, 0.1) is 5.92 Å². The van der Waals surface area contributed by atoms with Gasteiger partial charge >= 0.3 is 0 Å². The fraction of sp³-hybridized carbons (Fsp3) is 0.531. The molecule has 3 heterocycles. The van der Waals surface area contributed by atoms with E-state index in [4.69, 9.17) is 9.47 Å². The summed E-state index contributed by atoms with van der Waals surface area (Å²) in [6, 6.07) is 11.9. The Hall–Kier alpha value is -3.39. The van der Waals surface area contributed by atoms with Gasteiger partial charge in [-0.05, 0) is 80.8 Å². The van der Waals surface area contributed by atoms with Crippen LogP contribution in [0.5, 0.6) is 5.75 Å². The molecule has 1 saturated heterocycles. The van der Waals surface area contributed by atoms with Gasteiger partial charge in [0.1, 0.15) is 11.3 Å². The quantitative estimate of drug-likeness (QED) is 0.441. The smallest absolute Gasteiger partial charge is 0.257 e. The van der Waals surface area contributed by atoms with E-state index in [1.54, 1.807) is 6.20 Å². The second kappa shape index (κ2) is 12.4. The molecule has 0 spiro atoms. The van der Waals surface area contributed by atoms with Gasteiger partial charge < -0.3 is 24.3 Å². The maximum absolute atomic E-state index is 13.3. The standard InChI is InChI=1S/C32H40N4O4/c37-31(34-25-5-2-1-3-6-25)24-10-14-27(15-11-24)40-26-12-8-23(9-13-26)21-36-22-28(30-29(36)7-4-16-33-30)32(38)35-17-19-39-20-18-35/h4,7,10-11,14-16,22-23,25-26H,1-3,5-6,8-9,12-13,17-21H2,(H,34,37). The van der Waals surface area contributed by atoms with Gasteiger partial charge in [-0.3, -0.25) is 14.6 Å². The lowest BCUT2D eigenvalue weighted by atomic mass is 9.87. The number of fused-ring (bicyclic) bond motifs is 1. The zero-order chi connectivity index (χ0) is 27.3. The molecule has 1 aromatic carbocycles. The van der Waals surface area contributed by atoms with E-state index < -0.39 is 0 Å². The fourth-order valence-electron chi connectivity index (χ4n) is 6.47. The number of benzene rings is 1. The lowest BCUT2D eigenvalue weighted by Crippen LogP contribution is -2.40. The monoisotopic (exact) mass is 544 g/mol. The third kappa shape index (κ3) is 6.17. The van der Waals surface area contributed by atoms with Gasteiger partial charge in [0.15, 0.2) is 0 Å². The summed E-state index contributed by atoms with van der Waals surface area (Å²) in [5.41, 5.74) is 3.18. The first-order valence-electron chi connectivity index (χ1n) is 15.0. The molecule has 212 valence electrons. The minimum absolute atomic E-state index is 0.0153. The second-order valence-electron chi connectivity index (χ2n) is 11.6. The highest BCUT2D eigenvalue weighted by Gasteiger charge is 2.27. The number of pyridine rings is 1. The Bertz CT molecular complexity index is 1300. The molecule has 2 amide bonds. The van der Waals surface area contributed by atoms with Gasteiger partial charge in [0, 0.05) is 43.6 Å². The highest BCUT2D eigenvalue weighted by Crippen LogP contribution is 2.31. The van der Waals surface area contributed by atoms with Crippen molar-refractivity contribution in [3.63, 3.8) is 0 Å². The maximum Gasteiger partial charge on any atom is 0.257 e. The molecular weight excluding hydrogens is 504 g/mol. The van der Waals surface area contributed by atoms with Crippen molar-refractivity contribution in [2.75, 3.05) is 26.3 Å². The van der Waals surface area contributed by atoms with Crippen molar-refractivity contribution in [1.29, 1.82) is 0 Å². The lowest BCUT2D eigenvalue weighted by Gasteiger charge is -2.29. The Kier molecular flexibility index (Phi) is 8.32. The molecule has 2 aliphatic carbocycles. The van der Waals surface area contributed by atoms with Crippen LogP contribution < -0.4 is 10.1 Å². The SMILES string of the molecule is O=C(NC1CCCCC1)c1ccc(OC2CCC(Cn3cc(C(=O)N4CCOCC4)c4ncccc43)CC2)cc1. The summed E-state index contributed by atoms with van der Waals surface area (Å²) < 4.78 is 13.9. The van der Waals surface area contributed by atoms with E-state index in [0.717, 1.165) is 61.9 Å². The third-order valence-corrected chi connectivity index (χ3v) is 8.77. The molecule has 1 N–H and O–H groups in total. The minimum atomic E-state index is 0.0153. The van der Waals surface area contributed by atoms with Crippen molar-refractivity contribution in [1.82, 2.24) is 19.8 Å². The Morgan fingerprint density at radius 2 is 1.70 bits per heavy atom. The number of carbonyl (C=O) groups excluding carboxylic acids is 2. The predicted octanol–water partition coefficient (Wildman–Crippen LogP) is 5.21. The van der Waals surface area contributed by atoms with Crippen LogP contribution in [-0.4, -0.2) is 64.7 Å². The molecule has 0 radical (unpaired) electrons. The summed E-state index contributed by atoms with van der Waals surface area (Å²) >= 11 is 0. The van der Waals surface area contributed by atoms with Crippen LogP contribution in [0.15, 0.2) is 48.8 Å².